The Bertz CT molecular complexity index is 1060. The van der Waals surface area contributed by atoms with Crippen LogP contribution in [-0.2, 0) is 6.54 Å². The number of rotatable bonds is 6. The van der Waals surface area contributed by atoms with Crippen molar-refractivity contribution in [3.8, 4) is 6.07 Å². The number of anilines is 2. The number of benzene rings is 1. The fourth-order valence-electron chi connectivity index (χ4n) is 3.61. The number of nitrogens with one attached hydrogen (secondary N) is 1. The largest absolute Gasteiger partial charge is 0.451 e. The third-order valence-electron chi connectivity index (χ3n) is 5.15. The number of nitrogens with zero attached hydrogens (tertiary/aromatic N) is 5. The number of amides is 1. The van der Waals surface area contributed by atoms with E-state index < -0.39 is 5.91 Å². The van der Waals surface area contributed by atoms with Gasteiger partial charge in [-0.25, -0.2) is 9.37 Å². The molecular formula is C20H20FN7O2. The van der Waals surface area contributed by atoms with Crippen LogP contribution >= 0.6 is 0 Å². The number of nitriles is 1. The lowest BCUT2D eigenvalue weighted by atomic mass is 9.93. The van der Waals surface area contributed by atoms with Gasteiger partial charge in [-0.15, -0.1) is 0 Å². The Morgan fingerprint density at radius 2 is 2.20 bits per heavy atom. The fourth-order valence-corrected chi connectivity index (χ4v) is 3.61. The van der Waals surface area contributed by atoms with Crippen LogP contribution in [0.15, 0.2) is 47.5 Å². The lowest BCUT2D eigenvalue weighted by Crippen LogP contribution is -2.41. The minimum atomic E-state index is -0.644. The van der Waals surface area contributed by atoms with Crippen LogP contribution in [0.5, 0.6) is 0 Å². The first-order valence-corrected chi connectivity index (χ1v) is 9.44. The molecule has 0 radical (unpaired) electrons. The number of aromatic nitrogens is 3. The minimum Gasteiger partial charge on any atom is -0.451 e. The van der Waals surface area contributed by atoms with Crippen LogP contribution in [-0.4, -0.2) is 38.7 Å². The second-order valence-electron chi connectivity index (χ2n) is 7.17. The maximum absolute atomic E-state index is 13.2. The number of hydrogen-bond acceptors (Lipinski definition) is 7. The van der Waals surface area contributed by atoms with Gasteiger partial charge in [-0.1, -0.05) is 0 Å². The van der Waals surface area contributed by atoms with Crippen LogP contribution < -0.4 is 11.1 Å². The van der Waals surface area contributed by atoms with Gasteiger partial charge in [-0.3, -0.25) is 14.4 Å². The summed E-state index contributed by atoms with van der Waals surface area (Å²) in [6.45, 7) is 1.89. The van der Waals surface area contributed by atoms with Crippen molar-refractivity contribution in [1.82, 2.24) is 19.7 Å². The van der Waals surface area contributed by atoms with E-state index in [1.807, 2.05) is 0 Å². The number of carbonyl (C=O) groups excluding carboxylic acids is 1. The van der Waals surface area contributed by atoms with Crippen LogP contribution in [0.2, 0.25) is 0 Å². The van der Waals surface area contributed by atoms with E-state index in [0.29, 0.717) is 25.2 Å². The third-order valence-corrected chi connectivity index (χ3v) is 5.15. The van der Waals surface area contributed by atoms with E-state index in [-0.39, 0.29) is 29.2 Å². The van der Waals surface area contributed by atoms with Gasteiger partial charge in [0.1, 0.15) is 17.6 Å². The van der Waals surface area contributed by atoms with Crippen molar-refractivity contribution >= 4 is 17.4 Å². The molecule has 1 saturated heterocycles. The van der Waals surface area contributed by atoms with Gasteiger partial charge in [0.2, 0.25) is 0 Å². The van der Waals surface area contributed by atoms with Gasteiger partial charge in [-0.05, 0) is 37.2 Å². The number of oxazole rings is 1. The zero-order valence-electron chi connectivity index (χ0n) is 16.0. The third kappa shape index (κ3) is 4.16. The molecule has 0 bridgehead atoms. The maximum Gasteiger partial charge on any atom is 0.254 e. The molecule has 9 nitrogen and oxygen atoms in total. The molecule has 3 aromatic rings. The van der Waals surface area contributed by atoms with E-state index in [0.717, 1.165) is 12.2 Å². The molecule has 2 atom stereocenters. The summed E-state index contributed by atoms with van der Waals surface area (Å²) in [6.07, 6.45) is 5.19. The van der Waals surface area contributed by atoms with Gasteiger partial charge < -0.3 is 15.5 Å². The molecule has 30 heavy (non-hydrogen) atoms. The molecule has 3 N–H and O–H groups in total. The summed E-state index contributed by atoms with van der Waals surface area (Å²) in [5.41, 5.74) is 7.11. The van der Waals surface area contributed by atoms with Crippen molar-refractivity contribution in [2.75, 3.05) is 18.4 Å². The molecule has 3 heterocycles. The van der Waals surface area contributed by atoms with Gasteiger partial charge in [0.25, 0.3) is 5.91 Å². The number of nitrogens with two attached hydrogens (primary N) is 1. The zero-order valence-corrected chi connectivity index (χ0v) is 16.0. The van der Waals surface area contributed by atoms with Gasteiger partial charge in [0.15, 0.2) is 12.2 Å². The Hall–Kier alpha value is -3.71. The summed E-state index contributed by atoms with van der Waals surface area (Å²) in [5.74, 6) is -1.01. The molecule has 10 heteroatoms. The van der Waals surface area contributed by atoms with E-state index in [4.69, 9.17) is 10.2 Å². The van der Waals surface area contributed by atoms with Crippen molar-refractivity contribution in [3.05, 3.63) is 60.2 Å². The monoisotopic (exact) mass is 409 g/mol. The summed E-state index contributed by atoms with van der Waals surface area (Å²) in [6, 6.07) is 7.76. The smallest absolute Gasteiger partial charge is 0.254 e. The maximum atomic E-state index is 13.2. The van der Waals surface area contributed by atoms with Crippen LogP contribution in [0, 0.1) is 23.1 Å². The van der Waals surface area contributed by atoms with E-state index >= 15 is 0 Å². The fraction of sp³-hybridized carbons (Fsp3) is 0.300. The minimum absolute atomic E-state index is 0.199. The molecule has 0 spiro atoms. The summed E-state index contributed by atoms with van der Waals surface area (Å²) in [5, 5.41) is 17.1. The van der Waals surface area contributed by atoms with Crippen molar-refractivity contribution < 1.29 is 13.6 Å². The van der Waals surface area contributed by atoms with E-state index in [9.17, 15) is 14.4 Å². The molecule has 1 aromatic carbocycles. The van der Waals surface area contributed by atoms with E-state index in [1.165, 1.54) is 30.7 Å². The molecular weight excluding hydrogens is 389 g/mol. The summed E-state index contributed by atoms with van der Waals surface area (Å²) in [7, 11) is 0. The highest BCUT2D eigenvalue weighted by molar-refractivity contribution is 5.98. The van der Waals surface area contributed by atoms with Crippen molar-refractivity contribution in [3.63, 3.8) is 0 Å². The SMILES string of the molecule is N#CC1CCN(Cc2cocn2)CC1n1cc(C(N)=O)c(Nc2ccc(F)cc2)n1. The summed E-state index contributed by atoms with van der Waals surface area (Å²) < 4.78 is 19.8. The first kappa shape index (κ1) is 19.6. The predicted octanol–water partition coefficient (Wildman–Crippen LogP) is 2.44. The Kier molecular flexibility index (Phi) is 5.45. The van der Waals surface area contributed by atoms with E-state index in [2.05, 4.69) is 26.4 Å². The number of carbonyl (C=O) groups is 1. The summed E-state index contributed by atoms with van der Waals surface area (Å²) >= 11 is 0. The topological polar surface area (TPSA) is 126 Å². The van der Waals surface area contributed by atoms with Gasteiger partial charge in [-0.2, -0.15) is 10.4 Å². The highest BCUT2D eigenvalue weighted by atomic mass is 19.1. The average Bonchev–Trinajstić information content (AvgIpc) is 3.40. The van der Waals surface area contributed by atoms with Crippen molar-refractivity contribution in [2.24, 2.45) is 11.7 Å². The van der Waals surface area contributed by atoms with Crippen LogP contribution in [0.4, 0.5) is 15.9 Å². The second-order valence-corrected chi connectivity index (χ2v) is 7.17. The molecule has 1 aliphatic rings. The first-order valence-electron chi connectivity index (χ1n) is 9.44. The molecule has 154 valence electrons. The lowest BCUT2D eigenvalue weighted by molar-refractivity contribution is 0.1000. The van der Waals surface area contributed by atoms with Crippen molar-refractivity contribution in [2.45, 2.75) is 19.0 Å². The molecule has 0 aliphatic carbocycles. The van der Waals surface area contributed by atoms with E-state index in [1.54, 1.807) is 17.1 Å². The highest BCUT2D eigenvalue weighted by Crippen LogP contribution is 2.30. The molecule has 1 amide bonds. The predicted molar refractivity (Wildman–Crippen MR) is 105 cm³/mol. The van der Waals surface area contributed by atoms with Crippen LogP contribution in [0.3, 0.4) is 0 Å². The normalized spacial score (nSPS) is 19.3. The van der Waals surface area contributed by atoms with Crippen LogP contribution in [0.1, 0.15) is 28.5 Å². The molecule has 1 fully saturated rings. The van der Waals surface area contributed by atoms with Gasteiger partial charge >= 0.3 is 0 Å². The lowest BCUT2D eigenvalue weighted by Gasteiger charge is -2.35. The molecule has 1 aliphatic heterocycles. The number of likely N-dealkylation sites (tertiary alicyclic amines) is 1. The number of piperidine rings is 1. The molecule has 4 rings (SSSR count). The number of halogens is 1. The standard InChI is InChI=1S/C20H20FN7O2/c21-14-1-3-15(4-2-14)25-20-17(19(23)29)9-28(26-20)18-10-27(6-5-13(18)7-22)8-16-11-30-12-24-16/h1-4,9,11-13,18H,5-6,8,10H2,(H2,23,29)(H,25,26). The number of hydrogen-bond donors (Lipinski definition) is 2. The molecule has 2 unspecified atom stereocenters. The Balaban J connectivity index is 1.59. The quantitative estimate of drug-likeness (QED) is 0.640. The van der Waals surface area contributed by atoms with Crippen molar-refractivity contribution in [1.29, 1.82) is 5.26 Å². The average molecular weight is 409 g/mol. The Morgan fingerprint density at radius 3 is 2.87 bits per heavy atom. The second kappa shape index (κ2) is 8.34. The highest BCUT2D eigenvalue weighted by Gasteiger charge is 2.32. The molecule has 2 aromatic heterocycles. The zero-order chi connectivity index (χ0) is 21.1. The number of primary amides is 1. The van der Waals surface area contributed by atoms with Gasteiger partial charge in [0.05, 0.1) is 23.7 Å². The Labute approximate surface area is 171 Å². The molecule has 0 saturated carbocycles. The van der Waals surface area contributed by atoms with Gasteiger partial charge in [0, 0.05) is 25.0 Å². The first-order chi connectivity index (χ1) is 14.5. The Morgan fingerprint density at radius 1 is 1.40 bits per heavy atom. The summed E-state index contributed by atoms with van der Waals surface area (Å²) in [4.78, 5) is 18.3. The van der Waals surface area contributed by atoms with Crippen LogP contribution in [0.25, 0.3) is 0 Å².